The maximum atomic E-state index is 11.5. The van der Waals surface area contributed by atoms with Crippen LogP contribution >= 0.6 is 0 Å². The van der Waals surface area contributed by atoms with E-state index in [1.54, 1.807) is 0 Å². The molecular weight excluding hydrogens is 385 g/mol. The van der Waals surface area contributed by atoms with Crippen LogP contribution in [0.2, 0.25) is 5.85 Å². The molecule has 0 radical (unpaired) electrons. The zero-order valence-electron chi connectivity index (χ0n) is 10.3. The number of hydrogen-bond acceptors (Lipinski definition) is 4. The summed E-state index contributed by atoms with van der Waals surface area (Å²) in [4.78, 5) is 23.0. The summed E-state index contributed by atoms with van der Waals surface area (Å²) in [6.45, 7) is 7.41. The molecule has 0 spiro atoms. The molecule has 0 N–H and O–H groups in total. The average Bonchev–Trinajstić information content (AvgIpc) is 2.13. The Bertz CT molecular complexity index is 232. The molecule has 0 aromatic heterocycles. The summed E-state index contributed by atoms with van der Waals surface area (Å²) in [5.74, 6) is -0.442. The van der Waals surface area contributed by atoms with Crippen molar-refractivity contribution < 1.29 is 43.6 Å². The molecule has 0 rings (SSSR count). The molecule has 0 bridgehead atoms. The van der Waals surface area contributed by atoms with E-state index in [0.717, 1.165) is 0 Å². The number of esters is 2. The van der Waals surface area contributed by atoms with Crippen LogP contribution in [0.4, 0.5) is 0 Å². The molecule has 0 fully saturated rings. The summed E-state index contributed by atoms with van der Waals surface area (Å²) in [5, 5.41) is 0. The minimum absolute atomic E-state index is 0.221. The number of carbonyl (C=O) groups is 2. The Morgan fingerprint density at radius 1 is 0.867 bits per heavy atom. The second-order valence-corrected chi connectivity index (χ2v) is 20.0. The number of hydrogen-bond donors (Lipinski definition) is 0. The van der Waals surface area contributed by atoms with Gasteiger partial charge >= 0.3 is 103 Å². The van der Waals surface area contributed by atoms with Gasteiger partial charge in [0, 0.05) is 0 Å². The molecule has 0 aliphatic carbocycles. The molecule has 4 nitrogen and oxygen atoms in total. The second kappa shape index (κ2) is 5.28. The van der Waals surface area contributed by atoms with E-state index in [-0.39, 0.29) is 11.9 Å². The average molecular weight is 403 g/mol. The predicted molar refractivity (Wildman–Crippen MR) is 52.1 cm³/mol. The summed E-state index contributed by atoms with van der Waals surface area (Å²) in [5.41, 5.74) is 0. The van der Waals surface area contributed by atoms with Gasteiger partial charge in [0.2, 0.25) is 0 Å². The first-order chi connectivity index (χ1) is 6.67. The van der Waals surface area contributed by atoms with Crippen LogP contribution in [0.5, 0.6) is 0 Å². The van der Waals surface area contributed by atoms with E-state index < -0.39 is 30.4 Å². The van der Waals surface area contributed by atoms with Crippen LogP contribution in [-0.4, -0.2) is 26.2 Å². The predicted octanol–water partition coefficient (Wildman–Crippen LogP) is 1.81. The van der Waals surface area contributed by atoms with Crippen LogP contribution in [-0.2, 0) is 43.6 Å². The summed E-state index contributed by atoms with van der Waals surface area (Å²) in [6.07, 6.45) is 0. The normalized spacial score (nSPS) is 11.6. The van der Waals surface area contributed by atoms with E-state index in [9.17, 15) is 9.59 Å². The molecule has 0 heterocycles. The van der Waals surface area contributed by atoms with Crippen LogP contribution in [0.3, 0.4) is 0 Å². The van der Waals surface area contributed by atoms with Crippen molar-refractivity contribution in [2.75, 3.05) is 14.2 Å². The maximum absolute atomic E-state index is 11.5. The summed E-state index contributed by atoms with van der Waals surface area (Å²) >= 11 is -1.83. The van der Waals surface area contributed by atoms with E-state index in [2.05, 4.69) is 0 Å². The molecule has 0 aromatic rings. The Kier molecular flexibility index (Phi) is 5.23. The fraction of sp³-hybridized carbons (Fsp3) is 0.800. The molecule has 15 heavy (non-hydrogen) atoms. The topological polar surface area (TPSA) is 52.6 Å². The first kappa shape index (κ1) is 14.9. The van der Waals surface area contributed by atoms with Crippen molar-refractivity contribution in [3.8, 4) is 0 Å². The SMILES string of the molecule is COC(=O)[C](C)(C)[Hg][C](C)(C)C(=O)OC. The van der Waals surface area contributed by atoms with E-state index in [4.69, 9.17) is 9.47 Å². The van der Waals surface area contributed by atoms with Gasteiger partial charge in [-0.15, -0.1) is 0 Å². The van der Waals surface area contributed by atoms with Crippen LogP contribution in [0.1, 0.15) is 27.7 Å². The quantitative estimate of drug-likeness (QED) is 0.531. The summed E-state index contributed by atoms with van der Waals surface area (Å²) < 4.78 is 8.55. The van der Waals surface area contributed by atoms with Crippen LogP contribution in [0, 0.1) is 0 Å². The van der Waals surface area contributed by atoms with Crippen molar-refractivity contribution in [3.05, 3.63) is 0 Å². The Hall–Kier alpha value is -0.125. The minimum atomic E-state index is -1.83. The molecule has 0 saturated carbocycles. The Morgan fingerprint density at radius 2 is 1.13 bits per heavy atom. The first-order valence-corrected chi connectivity index (χ1v) is 10.3. The van der Waals surface area contributed by atoms with Gasteiger partial charge in [-0.25, -0.2) is 0 Å². The van der Waals surface area contributed by atoms with Crippen molar-refractivity contribution >= 4 is 11.9 Å². The van der Waals surface area contributed by atoms with Gasteiger partial charge in [0.15, 0.2) is 0 Å². The van der Waals surface area contributed by atoms with Crippen molar-refractivity contribution in [1.29, 1.82) is 0 Å². The van der Waals surface area contributed by atoms with E-state index in [1.807, 2.05) is 27.7 Å². The monoisotopic (exact) mass is 404 g/mol. The molecule has 0 atom stereocenters. The van der Waals surface area contributed by atoms with Gasteiger partial charge in [0.05, 0.1) is 0 Å². The Labute approximate surface area is 103 Å². The van der Waals surface area contributed by atoms with E-state index in [1.165, 1.54) is 14.2 Å². The number of methoxy groups -OCH3 is 2. The fourth-order valence-corrected chi connectivity index (χ4v) is 12.6. The molecular formula is C10H18HgO4. The van der Waals surface area contributed by atoms with Gasteiger partial charge in [-0.05, 0) is 0 Å². The molecule has 0 unspecified atom stereocenters. The molecule has 0 aromatic carbocycles. The zero-order valence-corrected chi connectivity index (χ0v) is 15.8. The van der Waals surface area contributed by atoms with Gasteiger partial charge in [-0.3, -0.25) is 0 Å². The third-order valence-electron chi connectivity index (χ3n) is 2.36. The van der Waals surface area contributed by atoms with Gasteiger partial charge in [0.1, 0.15) is 0 Å². The summed E-state index contributed by atoms with van der Waals surface area (Å²) in [7, 11) is 2.76. The Morgan fingerprint density at radius 3 is 1.33 bits per heavy atom. The molecule has 0 aliphatic heterocycles. The second-order valence-electron chi connectivity index (χ2n) is 4.93. The van der Waals surface area contributed by atoms with Gasteiger partial charge in [-0.2, -0.15) is 0 Å². The van der Waals surface area contributed by atoms with Crippen LogP contribution in [0.15, 0.2) is 0 Å². The first-order valence-electron chi connectivity index (χ1n) is 4.84. The van der Waals surface area contributed by atoms with Gasteiger partial charge in [-0.1, -0.05) is 0 Å². The standard InChI is InChI=1S/2C5H9O2.Hg/c2*1-4(2)5(6)7-3;/h2*1-3H3;. The van der Waals surface area contributed by atoms with Crippen molar-refractivity contribution in [1.82, 2.24) is 0 Å². The van der Waals surface area contributed by atoms with Gasteiger partial charge in [0.25, 0.3) is 0 Å². The Balaban J connectivity index is 4.71. The third-order valence-corrected chi connectivity index (χ3v) is 11.5. The molecule has 0 saturated heterocycles. The van der Waals surface area contributed by atoms with Crippen molar-refractivity contribution in [2.45, 2.75) is 33.5 Å². The van der Waals surface area contributed by atoms with Gasteiger partial charge < -0.3 is 0 Å². The van der Waals surface area contributed by atoms with E-state index in [0.29, 0.717) is 0 Å². The van der Waals surface area contributed by atoms with Crippen LogP contribution < -0.4 is 0 Å². The third kappa shape index (κ3) is 4.09. The number of ether oxygens (including phenoxy) is 2. The fourth-order valence-electron chi connectivity index (χ4n) is 1.80. The summed E-state index contributed by atoms with van der Waals surface area (Å²) in [6, 6.07) is 0. The molecule has 84 valence electrons. The molecule has 5 heteroatoms. The van der Waals surface area contributed by atoms with E-state index >= 15 is 0 Å². The molecule has 0 amide bonds. The van der Waals surface area contributed by atoms with Crippen LogP contribution in [0.25, 0.3) is 0 Å². The van der Waals surface area contributed by atoms with Crippen molar-refractivity contribution in [3.63, 3.8) is 0 Å². The number of rotatable bonds is 4. The number of carbonyl (C=O) groups excluding carboxylic acids is 2. The zero-order chi connectivity index (χ0) is 12.3. The molecule has 0 aliphatic rings. The van der Waals surface area contributed by atoms with Crippen molar-refractivity contribution in [2.24, 2.45) is 0 Å².